The molecular formula is C25H27N3O4. The lowest BCUT2D eigenvalue weighted by atomic mass is 9.92. The van der Waals surface area contributed by atoms with Crippen LogP contribution < -0.4 is 10.1 Å². The predicted octanol–water partition coefficient (Wildman–Crippen LogP) is 5.50. The monoisotopic (exact) mass is 433 g/mol. The van der Waals surface area contributed by atoms with E-state index in [0.29, 0.717) is 37.1 Å². The molecule has 1 saturated carbocycles. The van der Waals surface area contributed by atoms with E-state index in [4.69, 9.17) is 14.2 Å². The third kappa shape index (κ3) is 4.27. The summed E-state index contributed by atoms with van der Waals surface area (Å²) in [5.41, 5.74) is 4.14. The molecule has 0 saturated heterocycles. The van der Waals surface area contributed by atoms with Gasteiger partial charge in [-0.15, -0.1) is 0 Å². The molecule has 1 heterocycles. The number of nitrogens with one attached hydrogen (secondary N) is 1. The Labute approximate surface area is 187 Å². The number of rotatable bonds is 8. The second-order valence-electron chi connectivity index (χ2n) is 7.73. The number of nitrogens with zero attached hydrogens (tertiary/aromatic N) is 2. The Morgan fingerprint density at radius 1 is 1.19 bits per heavy atom. The molecule has 2 aromatic carbocycles. The number of benzene rings is 2. The molecule has 0 unspecified atom stereocenters. The van der Waals surface area contributed by atoms with Crippen LogP contribution in [0.4, 0.5) is 10.5 Å². The summed E-state index contributed by atoms with van der Waals surface area (Å²) < 4.78 is 18.1. The minimum atomic E-state index is -0.484. The molecule has 1 aliphatic carbocycles. The largest absolute Gasteiger partial charge is 0.491 e. The van der Waals surface area contributed by atoms with E-state index in [9.17, 15) is 10.1 Å². The molecule has 0 aliphatic heterocycles. The minimum absolute atomic E-state index is 0.314. The number of aromatic nitrogens is 1. The quantitative estimate of drug-likeness (QED) is 0.474. The van der Waals surface area contributed by atoms with Crippen LogP contribution in [-0.4, -0.2) is 37.6 Å². The van der Waals surface area contributed by atoms with Crippen molar-refractivity contribution < 1.29 is 19.0 Å². The fraction of sp³-hybridized carbons (Fsp3) is 0.360. The van der Waals surface area contributed by atoms with Crippen LogP contribution in [0.25, 0.3) is 22.2 Å². The Kier molecular flexibility index (Phi) is 6.62. The molecule has 1 N–H and O–H groups in total. The zero-order valence-electron chi connectivity index (χ0n) is 18.4. The maximum absolute atomic E-state index is 11.7. The van der Waals surface area contributed by atoms with Gasteiger partial charge >= 0.3 is 6.09 Å². The normalized spacial score (nSPS) is 13.4. The molecule has 1 aliphatic rings. The SMILES string of the molecule is CCOC(=O)Nc1ccc(-c2c(C#N)c3ccc(OCCOC)cc3n2C2CCC2)cc1. The molecule has 3 aromatic rings. The summed E-state index contributed by atoms with van der Waals surface area (Å²) in [6.45, 7) is 3.06. The third-order valence-electron chi connectivity index (χ3n) is 5.76. The van der Waals surface area contributed by atoms with Crippen molar-refractivity contribution >= 4 is 22.7 Å². The van der Waals surface area contributed by atoms with Gasteiger partial charge in [0.25, 0.3) is 0 Å². The van der Waals surface area contributed by atoms with Gasteiger partial charge in [0.1, 0.15) is 18.4 Å². The van der Waals surface area contributed by atoms with Crippen LogP contribution in [0.3, 0.4) is 0 Å². The summed E-state index contributed by atoms with van der Waals surface area (Å²) in [5, 5.41) is 13.7. The van der Waals surface area contributed by atoms with E-state index in [-0.39, 0.29) is 0 Å². The zero-order chi connectivity index (χ0) is 22.5. The fourth-order valence-corrected chi connectivity index (χ4v) is 4.04. The van der Waals surface area contributed by atoms with Crippen molar-refractivity contribution in [3.8, 4) is 23.1 Å². The first-order chi connectivity index (χ1) is 15.7. The Morgan fingerprint density at radius 2 is 1.97 bits per heavy atom. The highest BCUT2D eigenvalue weighted by Gasteiger charge is 2.28. The van der Waals surface area contributed by atoms with E-state index in [0.717, 1.165) is 40.8 Å². The summed E-state index contributed by atoms with van der Waals surface area (Å²) in [4.78, 5) is 11.7. The van der Waals surface area contributed by atoms with Crippen LogP contribution >= 0.6 is 0 Å². The number of amides is 1. The lowest BCUT2D eigenvalue weighted by Gasteiger charge is -2.30. The van der Waals surface area contributed by atoms with E-state index in [2.05, 4.69) is 16.0 Å². The van der Waals surface area contributed by atoms with Crippen molar-refractivity contribution in [1.82, 2.24) is 4.57 Å². The first-order valence-electron chi connectivity index (χ1n) is 10.9. The summed E-state index contributed by atoms with van der Waals surface area (Å²) in [6, 6.07) is 16.2. The number of fused-ring (bicyclic) bond motifs is 1. The van der Waals surface area contributed by atoms with Crippen molar-refractivity contribution in [2.24, 2.45) is 0 Å². The molecular weight excluding hydrogens is 406 g/mol. The number of carbonyl (C=O) groups excluding carboxylic acids is 1. The number of anilines is 1. The Hall–Kier alpha value is -3.50. The zero-order valence-corrected chi connectivity index (χ0v) is 18.4. The lowest BCUT2D eigenvalue weighted by Crippen LogP contribution is -2.18. The van der Waals surface area contributed by atoms with Gasteiger partial charge in [0.15, 0.2) is 0 Å². The topological polar surface area (TPSA) is 85.5 Å². The smallest absolute Gasteiger partial charge is 0.411 e. The second kappa shape index (κ2) is 9.75. The van der Waals surface area contributed by atoms with Gasteiger partial charge in [-0.2, -0.15) is 5.26 Å². The van der Waals surface area contributed by atoms with Crippen molar-refractivity contribution in [3.05, 3.63) is 48.0 Å². The van der Waals surface area contributed by atoms with Gasteiger partial charge in [0.2, 0.25) is 0 Å². The molecule has 0 radical (unpaired) electrons. The Morgan fingerprint density at radius 3 is 2.59 bits per heavy atom. The Balaban J connectivity index is 1.76. The molecule has 1 aromatic heterocycles. The van der Waals surface area contributed by atoms with Crippen LogP contribution in [0.15, 0.2) is 42.5 Å². The van der Waals surface area contributed by atoms with Crippen molar-refractivity contribution in [3.63, 3.8) is 0 Å². The summed E-state index contributed by atoms with van der Waals surface area (Å²) >= 11 is 0. The number of hydrogen-bond acceptors (Lipinski definition) is 5. The van der Waals surface area contributed by atoms with Gasteiger partial charge in [-0.3, -0.25) is 5.32 Å². The highest BCUT2D eigenvalue weighted by atomic mass is 16.5. The van der Waals surface area contributed by atoms with E-state index in [1.54, 1.807) is 14.0 Å². The molecule has 0 spiro atoms. The summed E-state index contributed by atoms with van der Waals surface area (Å²) in [7, 11) is 1.65. The molecule has 0 atom stereocenters. The van der Waals surface area contributed by atoms with Crippen LogP contribution in [0.5, 0.6) is 5.75 Å². The lowest BCUT2D eigenvalue weighted by molar-refractivity contribution is 0.146. The number of nitriles is 1. The maximum Gasteiger partial charge on any atom is 0.411 e. The first kappa shape index (κ1) is 21.7. The van der Waals surface area contributed by atoms with Gasteiger partial charge in [-0.05, 0) is 56.0 Å². The first-order valence-corrected chi connectivity index (χ1v) is 10.9. The highest BCUT2D eigenvalue weighted by Crippen LogP contribution is 2.43. The number of ether oxygens (including phenoxy) is 3. The average molecular weight is 434 g/mol. The van der Waals surface area contributed by atoms with E-state index < -0.39 is 6.09 Å². The van der Waals surface area contributed by atoms with Crippen molar-refractivity contribution in [2.75, 3.05) is 32.2 Å². The van der Waals surface area contributed by atoms with E-state index >= 15 is 0 Å². The number of carbonyl (C=O) groups is 1. The fourth-order valence-electron chi connectivity index (χ4n) is 4.04. The summed E-state index contributed by atoms with van der Waals surface area (Å²) in [5.74, 6) is 0.762. The molecule has 4 rings (SSSR count). The minimum Gasteiger partial charge on any atom is -0.491 e. The average Bonchev–Trinajstić information content (AvgIpc) is 3.07. The van der Waals surface area contributed by atoms with Gasteiger partial charge in [-0.25, -0.2) is 4.79 Å². The van der Waals surface area contributed by atoms with Crippen molar-refractivity contribution in [2.45, 2.75) is 32.2 Å². The van der Waals surface area contributed by atoms with Crippen LogP contribution in [0.1, 0.15) is 37.8 Å². The van der Waals surface area contributed by atoms with Crippen molar-refractivity contribution in [1.29, 1.82) is 5.26 Å². The Bertz CT molecular complexity index is 1140. The molecule has 0 bridgehead atoms. The third-order valence-corrected chi connectivity index (χ3v) is 5.76. The number of methoxy groups -OCH3 is 1. The molecule has 166 valence electrons. The standard InChI is InChI=1S/C25H27N3O4/c1-3-31-25(29)27-18-9-7-17(8-10-18)24-22(16-26)21-12-11-20(32-14-13-30-2)15-23(21)28(24)19-5-4-6-19/h7-12,15,19H,3-6,13-14H2,1-2H3,(H,27,29). The van der Waals surface area contributed by atoms with Gasteiger partial charge in [-0.1, -0.05) is 12.1 Å². The van der Waals surface area contributed by atoms with Gasteiger partial charge in [0, 0.05) is 30.3 Å². The number of hydrogen-bond donors (Lipinski definition) is 1. The molecule has 32 heavy (non-hydrogen) atoms. The van der Waals surface area contributed by atoms with E-state index in [1.165, 1.54) is 6.42 Å². The second-order valence-corrected chi connectivity index (χ2v) is 7.73. The molecule has 1 fully saturated rings. The van der Waals surface area contributed by atoms with Gasteiger partial charge in [0.05, 0.1) is 30.0 Å². The predicted molar refractivity (Wildman–Crippen MR) is 123 cm³/mol. The maximum atomic E-state index is 11.7. The van der Waals surface area contributed by atoms with Crippen LogP contribution in [-0.2, 0) is 9.47 Å². The molecule has 1 amide bonds. The highest BCUT2D eigenvalue weighted by molar-refractivity contribution is 5.96. The van der Waals surface area contributed by atoms with E-state index in [1.807, 2.05) is 42.5 Å². The van der Waals surface area contributed by atoms with Crippen LogP contribution in [0, 0.1) is 11.3 Å². The van der Waals surface area contributed by atoms with Gasteiger partial charge < -0.3 is 18.8 Å². The molecule has 7 nitrogen and oxygen atoms in total. The van der Waals surface area contributed by atoms with Crippen LogP contribution in [0.2, 0.25) is 0 Å². The summed E-state index contributed by atoms with van der Waals surface area (Å²) in [6.07, 6.45) is 2.86. The molecule has 7 heteroatoms.